The van der Waals surface area contributed by atoms with Crippen LogP contribution in [-0.2, 0) is 63.9 Å². The first-order valence-corrected chi connectivity index (χ1v) is 30.9. The third kappa shape index (κ3) is 13.3. The molecule has 4 aromatic carbocycles. The molecule has 0 fully saturated rings. The fourth-order valence-electron chi connectivity index (χ4n) is 8.49. The Morgan fingerprint density at radius 3 is 1.50 bits per heavy atom. The molecule has 28 heteroatoms. The summed E-state index contributed by atoms with van der Waals surface area (Å²) in [6, 6.07) is 30.1. The zero-order chi connectivity index (χ0) is 56.0. The fourth-order valence-corrected chi connectivity index (χ4v) is 14.6. The number of hydrogen-bond acceptors (Lipinski definition) is 17. The van der Waals surface area contributed by atoms with Gasteiger partial charge in [-0.25, -0.2) is 28.5 Å². The topological polar surface area (TPSA) is 354 Å². The zero-order valence-electron chi connectivity index (χ0n) is 42.5. The first kappa shape index (κ1) is 61.1. The van der Waals surface area contributed by atoms with Crippen LogP contribution in [-0.4, -0.2) is 105 Å². The average Bonchev–Trinajstić information content (AvgIpc) is 4.20. The Kier molecular flexibility index (Phi) is 19.8. The molecule has 1 radical (unpaired) electrons. The van der Waals surface area contributed by atoms with Gasteiger partial charge in [-0.3, -0.25) is 23.4 Å². The van der Waals surface area contributed by atoms with E-state index in [2.05, 4.69) is 9.71 Å². The second-order valence-corrected chi connectivity index (χ2v) is 23.8. The maximum absolute atomic E-state index is 12.1. The van der Waals surface area contributed by atoms with Crippen molar-refractivity contribution in [1.29, 1.82) is 0 Å². The third-order valence-corrected chi connectivity index (χ3v) is 18.1. The van der Waals surface area contributed by atoms with Crippen LogP contribution >= 0.6 is 11.9 Å². The van der Waals surface area contributed by atoms with Crippen molar-refractivity contribution in [2.24, 2.45) is 5.14 Å². The van der Waals surface area contributed by atoms with E-state index in [4.69, 9.17) is 49.6 Å². The van der Waals surface area contributed by atoms with Crippen LogP contribution in [0.4, 0.5) is 0 Å². The number of sulfonamides is 1. The first-order chi connectivity index (χ1) is 36.6. The average molecular weight is 1210 g/mol. The van der Waals surface area contributed by atoms with Gasteiger partial charge in [-0.1, -0.05) is 132 Å². The summed E-state index contributed by atoms with van der Waals surface area (Å²) in [5, 5.41) is 4.55. The molecule has 0 spiro atoms. The molecule has 2 aliphatic heterocycles. The summed E-state index contributed by atoms with van der Waals surface area (Å²) < 4.78 is 124. The minimum Gasteiger partial charge on any atom is -0.357 e. The van der Waals surface area contributed by atoms with E-state index in [0.717, 1.165) is 62.3 Å². The number of rotatable bonds is 13. The fraction of sp³-hybridized carbons (Fsp3) is 0.260. The Labute approximate surface area is 466 Å². The largest absolute Gasteiger partial charge is 2.00 e. The van der Waals surface area contributed by atoms with Crippen molar-refractivity contribution in [1.82, 2.24) is 49.6 Å². The molecule has 0 saturated heterocycles. The molecule has 78 heavy (non-hydrogen) atoms. The van der Waals surface area contributed by atoms with E-state index in [1.807, 2.05) is 113 Å². The van der Waals surface area contributed by atoms with Crippen LogP contribution in [0.15, 0.2) is 119 Å². The normalized spacial score (nSPS) is 13.2. The van der Waals surface area contributed by atoms with Crippen LogP contribution in [0, 0.1) is 0 Å². The summed E-state index contributed by atoms with van der Waals surface area (Å²) in [4.78, 5) is 42.1. The minimum absolute atomic E-state index is 0. The number of benzene rings is 4. The molecule has 4 aromatic heterocycles. The molecule has 3 unspecified atom stereocenters. The molecule has 2 aliphatic rings. The molecule has 6 N–H and O–H groups in total. The van der Waals surface area contributed by atoms with E-state index in [-0.39, 0.29) is 48.4 Å². The van der Waals surface area contributed by atoms with Crippen LogP contribution in [0.3, 0.4) is 0 Å². The van der Waals surface area contributed by atoms with E-state index >= 15 is 0 Å². The van der Waals surface area contributed by atoms with Gasteiger partial charge in [-0.05, 0) is 70.6 Å². The Balaban J connectivity index is 0.000000240. The number of aromatic nitrogens is 9. The molecule has 0 saturated carbocycles. The first-order valence-electron chi connectivity index (χ1n) is 24.0. The maximum Gasteiger partial charge on any atom is 2.00 e. The van der Waals surface area contributed by atoms with E-state index in [1.165, 1.54) is 6.92 Å². The second-order valence-electron chi connectivity index (χ2n) is 16.5. The number of nitrogens with zero attached hydrogens (tertiary/aromatic N) is 9. The van der Waals surface area contributed by atoms with Gasteiger partial charge in [0.1, 0.15) is 16.2 Å². The molecule has 6 heterocycles. The maximum atomic E-state index is 12.1. The molecular weight excluding hydrogens is 1150 g/mol. The number of nitrogens with two attached hydrogens (primary N) is 1. The molecule has 3 atom stereocenters. The molecule has 0 amide bonds. The number of pyridine rings is 1. The molecule has 22 nitrogen and oxygen atoms in total. The summed E-state index contributed by atoms with van der Waals surface area (Å²) in [7, 11) is -18.7. The minimum atomic E-state index is -4.84. The Morgan fingerprint density at radius 2 is 1.04 bits per heavy atom. The van der Waals surface area contributed by atoms with Crippen LogP contribution in [0.2, 0.25) is 0 Å². The van der Waals surface area contributed by atoms with Gasteiger partial charge < -0.3 is 24.9 Å². The van der Waals surface area contributed by atoms with Crippen molar-refractivity contribution >= 4 is 96.5 Å². The Morgan fingerprint density at radius 1 is 0.577 bits per heavy atom. The number of primary sulfonamides is 1. The van der Waals surface area contributed by atoms with Gasteiger partial charge in [0.05, 0.1) is 21.4 Å². The summed E-state index contributed by atoms with van der Waals surface area (Å²) in [6.07, 6.45) is 1.57. The van der Waals surface area contributed by atoms with Gasteiger partial charge in [0.25, 0.3) is 30.4 Å². The SMILES string of the molecule is CC.CC.CCC(SNCCc1ccc(S(=O)(=O)O)cc1S(=O)(=O)O)C(C(CC)S(=O)(=O)O)S(N)(=O)=O.[Cu+2].c1ccc2c(c1)-c1nc-2nc2[n-]c(nc3[n-]c(nc4nc(n1)-c1ncccc1-4)c1ccccc31)c1ccccc21. The van der Waals surface area contributed by atoms with Gasteiger partial charge in [0.2, 0.25) is 10.0 Å². The molecule has 415 valence electrons. The zero-order valence-corrected chi connectivity index (χ0v) is 47.5. The molecule has 0 aliphatic carbocycles. The quantitative estimate of drug-likeness (QED) is 0.0320. The predicted octanol–water partition coefficient (Wildman–Crippen LogP) is 7.63. The van der Waals surface area contributed by atoms with Gasteiger partial charge in [0.15, 0.2) is 11.6 Å². The number of fused-ring (bicyclic) bond motifs is 20. The van der Waals surface area contributed by atoms with Gasteiger partial charge in [0, 0.05) is 57.3 Å². The number of nitrogens with one attached hydrogen (secondary N) is 1. The van der Waals surface area contributed by atoms with E-state index in [9.17, 15) is 42.8 Å². The van der Waals surface area contributed by atoms with Crippen molar-refractivity contribution in [2.75, 3.05) is 6.54 Å². The Hall–Kier alpha value is -6.14. The van der Waals surface area contributed by atoms with Crippen LogP contribution in [0.1, 0.15) is 59.9 Å². The van der Waals surface area contributed by atoms with Crippen LogP contribution in [0.25, 0.3) is 89.8 Å². The standard InChI is InChI=1S/C31H15N9.C15H26N2O11S5.2C2H6.Cu/c1-2-9-17-16(8-1)24-33-25(17)35-27-20-12-5-6-13-21(20)29(37-27)39-31-23-22(14-7-15-32-23)30(40-31)38-28-19-11-4-3-10-18(19)26(34-24)36-28;1-3-12(15(30(16,18)19)13(4-2)32(23,24)25)29-17-8-7-10-5-6-11(31(20,21)22)9-14(10)33(26,27)28;2*1-2;/h1-15H;5-6,9,12-13,15,17H,3-4,7-8H2,1-2H3,(H2,16,18,19)(H,20,21,22)(H,23,24,25)(H,26,27,28);2*1-2H3;/q-2;;;;+2. The van der Waals surface area contributed by atoms with Crippen molar-refractivity contribution < 1.29 is 64.4 Å². The van der Waals surface area contributed by atoms with Crippen LogP contribution < -0.4 is 19.8 Å². The molecule has 8 aromatic rings. The predicted molar refractivity (Wildman–Crippen MR) is 296 cm³/mol. The van der Waals surface area contributed by atoms with Gasteiger partial charge in [-0.15, -0.1) is 0 Å². The van der Waals surface area contributed by atoms with E-state index in [0.29, 0.717) is 57.6 Å². The summed E-state index contributed by atoms with van der Waals surface area (Å²) in [5.74, 6) is 1.97. The number of hydrogen-bond donors (Lipinski definition) is 5. The smallest absolute Gasteiger partial charge is 0.357 e. The summed E-state index contributed by atoms with van der Waals surface area (Å²) in [6.45, 7) is 10.9. The van der Waals surface area contributed by atoms with Crippen molar-refractivity contribution in [2.45, 2.75) is 86.3 Å². The third-order valence-electron chi connectivity index (χ3n) is 11.8. The second kappa shape index (κ2) is 25.3. The van der Waals surface area contributed by atoms with Gasteiger partial charge >= 0.3 is 17.1 Å². The van der Waals surface area contributed by atoms with Crippen molar-refractivity contribution in [3.63, 3.8) is 0 Å². The summed E-state index contributed by atoms with van der Waals surface area (Å²) in [5.41, 5.74) is 5.31. The van der Waals surface area contributed by atoms with E-state index < -0.39 is 65.9 Å². The molecule has 8 bridgehead atoms. The van der Waals surface area contributed by atoms with Crippen molar-refractivity contribution in [3.8, 4) is 45.7 Å². The monoisotopic (exact) mass is 1210 g/mol. The summed E-state index contributed by atoms with van der Waals surface area (Å²) >= 11 is 0.824. The van der Waals surface area contributed by atoms with Gasteiger partial charge in [-0.2, -0.15) is 25.3 Å². The molecular formula is C50H53CuN11O11S5. The van der Waals surface area contributed by atoms with E-state index in [1.54, 1.807) is 13.1 Å². The Bertz CT molecular complexity index is 3990. The van der Waals surface area contributed by atoms with Crippen molar-refractivity contribution in [3.05, 3.63) is 115 Å². The van der Waals surface area contributed by atoms with Crippen LogP contribution in [0.5, 0.6) is 0 Å². The molecule has 10 rings (SSSR count).